The molecule has 1 aliphatic carbocycles. The predicted molar refractivity (Wildman–Crippen MR) is 68.1 cm³/mol. The fourth-order valence-electron chi connectivity index (χ4n) is 2.32. The van der Waals surface area contributed by atoms with Gasteiger partial charge in [-0.2, -0.15) is 0 Å². The lowest BCUT2D eigenvalue weighted by molar-refractivity contribution is -0.0795. The third-order valence-corrected chi connectivity index (χ3v) is 3.98. The molecule has 4 nitrogen and oxygen atoms in total. The van der Waals surface area contributed by atoms with Crippen LogP contribution < -0.4 is 5.32 Å². The molecular formula is C13H21N3O. The first-order valence-corrected chi connectivity index (χ1v) is 6.04. The lowest BCUT2D eigenvalue weighted by atomic mass is 9.64. The van der Waals surface area contributed by atoms with E-state index >= 15 is 0 Å². The zero-order chi connectivity index (χ0) is 12.6. The van der Waals surface area contributed by atoms with E-state index in [9.17, 15) is 0 Å². The number of nitrogens with zero attached hydrogens (tertiary/aromatic N) is 2. The summed E-state index contributed by atoms with van der Waals surface area (Å²) in [5, 5.41) is 3.45. The average molecular weight is 235 g/mol. The number of aromatic nitrogens is 2. The summed E-state index contributed by atoms with van der Waals surface area (Å²) in [5.74, 6) is 0.862. The first kappa shape index (κ1) is 12.3. The second kappa shape index (κ2) is 4.26. The van der Waals surface area contributed by atoms with Crippen LogP contribution in [0.15, 0.2) is 6.20 Å². The van der Waals surface area contributed by atoms with Crippen LogP contribution >= 0.6 is 0 Å². The Bertz CT molecular complexity index is 417. The van der Waals surface area contributed by atoms with Crippen LogP contribution in [0.5, 0.6) is 0 Å². The Hall–Kier alpha value is -1.16. The molecule has 1 aromatic heterocycles. The number of rotatable bonds is 3. The minimum atomic E-state index is 0.148. The predicted octanol–water partition coefficient (Wildman–Crippen LogP) is 2.32. The number of methoxy groups -OCH3 is 1. The minimum Gasteiger partial charge on any atom is -0.381 e. The number of aryl methyl sites for hydroxylation is 2. The highest BCUT2D eigenvalue weighted by atomic mass is 16.5. The van der Waals surface area contributed by atoms with Gasteiger partial charge in [0.25, 0.3) is 0 Å². The smallest absolute Gasteiger partial charge is 0.145 e. The highest BCUT2D eigenvalue weighted by molar-refractivity contribution is 5.37. The summed E-state index contributed by atoms with van der Waals surface area (Å²) < 4.78 is 5.44. The molecule has 0 aromatic carbocycles. The first-order chi connectivity index (χ1) is 7.95. The van der Waals surface area contributed by atoms with E-state index in [1.54, 1.807) is 13.3 Å². The van der Waals surface area contributed by atoms with Crippen LogP contribution in [-0.2, 0) is 4.74 Å². The van der Waals surface area contributed by atoms with Crippen LogP contribution in [0.1, 0.15) is 31.7 Å². The van der Waals surface area contributed by atoms with Gasteiger partial charge in [0, 0.05) is 18.6 Å². The summed E-state index contributed by atoms with van der Waals surface area (Å²) in [6.45, 7) is 8.39. The molecule has 1 saturated carbocycles. The number of hydrogen-bond donors (Lipinski definition) is 1. The number of hydrogen-bond acceptors (Lipinski definition) is 4. The van der Waals surface area contributed by atoms with Crippen molar-refractivity contribution in [2.45, 2.75) is 46.3 Å². The van der Waals surface area contributed by atoms with Crippen molar-refractivity contribution in [3.8, 4) is 0 Å². The van der Waals surface area contributed by atoms with Crippen LogP contribution in [-0.4, -0.2) is 29.2 Å². The summed E-state index contributed by atoms with van der Waals surface area (Å²) in [5.41, 5.74) is 2.11. The van der Waals surface area contributed by atoms with E-state index < -0.39 is 0 Å². The average Bonchev–Trinajstić information content (AvgIpc) is 2.28. The molecule has 0 saturated heterocycles. The van der Waals surface area contributed by atoms with E-state index in [0.717, 1.165) is 23.6 Å². The van der Waals surface area contributed by atoms with E-state index in [-0.39, 0.29) is 5.41 Å². The molecular weight excluding hydrogens is 214 g/mol. The van der Waals surface area contributed by atoms with Crippen molar-refractivity contribution in [2.24, 2.45) is 5.41 Å². The molecule has 2 unspecified atom stereocenters. The first-order valence-electron chi connectivity index (χ1n) is 6.04. The standard InChI is InChI=1S/C13H21N3O/c1-8-9(2)15-12(7-14-8)16-10-6-11(17-5)13(10,3)4/h7,10-11H,6H2,1-5H3,(H,15,16). The molecule has 94 valence electrons. The van der Waals surface area contributed by atoms with E-state index in [2.05, 4.69) is 29.1 Å². The highest BCUT2D eigenvalue weighted by Gasteiger charge is 2.48. The fraction of sp³-hybridized carbons (Fsp3) is 0.692. The van der Waals surface area contributed by atoms with Gasteiger partial charge in [-0.15, -0.1) is 0 Å². The second-order valence-electron chi connectivity index (χ2n) is 5.40. The van der Waals surface area contributed by atoms with Gasteiger partial charge >= 0.3 is 0 Å². The molecule has 2 rings (SSSR count). The maximum atomic E-state index is 5.44. The Balaban J connectivity index is 2.05. The molecule has 1 heterocycles. The highest BCUT2D eigenvalue weighted by Crippen LogP contribution is 2.43. The molecule has 1 N–H and O–H groups in total. The van der Waals surface area contributed by atoms with Crippen molar-refractivity contribution in [3.05, 3.63) is 17.6 Å². The van der Waals surface area contributed by atoms with Crippen LogP contribution in [0.2, 0.25) is 0 Å². The lowest BCUT2D eigenvalue weighted by Gasteiger charge is -2.51. The molecule has 17 heavy (non-hydrogen) atoms. The molecule has 1 aromatic rings. The topological polar surface area (TPSA) is 47.0 Å². The molecule has 1 aliphatic rings. The molecule has 2 atom stereocenters. The maximum absolute atomic E-state index is 5.44. The zero-order valence-corrected chi connectivity index (χ0v) is 11.2. The molecule has 0 radical (unpaired) electrons. The molecule has 0 aliphatic heterocycles. The van der Waals surface area contributed by atoms with E-state index in [1.807, 2.05) is 13.8 Å². The van der Waals surface area contributed by atoms with Gasteiger partial charge in [-0.1, -0.05) is 13.8 Å². The Kier molecular flexibility index (Phi) is 3.08. The fourth-order valence-corrected chi connectivity index (χ4v) is 2.32. The van der Waals surface area contributed by atoms with Crippen molar-refractivity contribution < 1.29 is 4.74 Å². The Morgan fingerprint density at radius 3 is 2.59 bits per heavy atom. The van der Waals surface area contributed by atoms with Gasteiger partial charge in [0.05, 0.1) is 23.7 Å². The molecule has 0 bridgehead atoms. The number of nitrogens with one attached hydrogen (secondary N) is 1. The second-order valence-corrected chi connectivity index (χ2v) is 5.40. The van der Waals surface area contributed by atoms with Crippen LogP contribution in [0.3, 0.4) is 0 Å². The quantitative estimate of drug-likeness (QED) is 0.873. The minimum absolute atomic E-state index is 0.148. The van der Waals surface area contributed by atoms with Gasteiger partial charge in [0.15, 0.2) is 0 Å². The van der Waals surface area contributed by atoms with Crippen molar-refractivity contribution >= 4 is 5.82 Å². The van der Waals surface area contributed by atoms with Gasteiger partial charge in [0.1, 0.15) is 5.82 Å². The van der Waals surface area contributed by atoms with Crippen LogP contribution in [0, 0.1) is 19.3 Å². The monoisotopic (exact) mass is 235 g/mol. The largest absolute Gasteiger partial charge is 0.381 e. The maximum Gasteiger partial charge on any atom is 0.145 e. The van der Waals surface area contributed by atoms with Crippen LogP contribution in [0.25, 0.3) is 0 Å². The van der Waals surface area contributed by atoms with E-state index in [0.29, 0.717) is 12.1 Å². The summed E-state index contributed by atoms with van der Waals surface area (Å²) >= 11 is 0. The Morgan fingerprint density at radius 2 is 2.06 bits per heavy atom. The van der Waals surface area contributed by atoms with Gasteiger partial charge in [0.2, 0.25) is 0 Å². The van der Waals surface area contributed by atoms with Gasteiger partial charge in [-0.05, 0) is 20.3 Å². The summed E-state index contributed by atoms with van der Waals surface area (Å²) in [6, 6.07) is 0.406. The van der Waals surface area contributed by atoms with Crippen LogP contribution in [0.4, 0.5) is 5.82 Å². The third kappa shape index (κ3) is 2.14. The van der Waals surface area contributed by atoms with E-state index in [1.165, 1.54) is 0 Å². The molecule has 0 spiro atoms. The molecule has 1 fully saturated rings. The van der Waals surface area contributed by atoms with Crippen molar-refractivity contribution in [2.75, 3.05) is 12.4 Å². The Morgan fingerprint density at radius 1 is 1.35 bits per heavy atom. The van der Waals surface area contributed by atoms with Crippen molar-refractivity contribution in [1.29, 1.82) is 0 Å². The summed E-state index contributed by atoms with van der Waals surface area (Å²) in [7, 11) is 1.78. The molecule has 0 amide bonds. The summed E-state index contributed by atoms with van der Waals surface area (Å²) in [6.07, 6.45) is 3.16. The Labute approximate surface area is 103 Å². The van der Waals surface area contributed by atoms with E-state index in [4.69, 9.17) is 4.74 Å². The van der Waals surface area contributed by atoms with Gasteiger partial charge in [-0.25, -0.2) is 4.98 Å². The lowest BCUT2D eigenvalue weighted by Crippen LogP contribution is -2.57. The van der Waals surface area contributed by atoms with Crippen molar-refractivity contribution in [1.82, 2.24) is 9.97 Å². The SMILES string of the molecule is COC1CC(Nc2cnc(C)c(C)n2)C1(C)C. The normalized spacial score (nSPS) is 26.4. The number of ether oxygens (including phenoxy) is 1. The van der Waals surface area contributed by atoms with Gasteiger partial charge in [-0.3, -0.25) is 4.98 Å². The van der Waals surface area contributed by atoms with Gasteiger partial charge < -0.3 is 10.1 Å². The molecule has 4 heteroatoms. The van der Waals surface area contributed by atoms with Crippen molar-refractivity contribution in [3.63, 3.8) is 0 Å². The third-order valence-electron chi connectivity index (χ3n) is 3.98. The zero-order valence-electron chi connectivity index (χ0n) is 11.2. The number of anilines is 1. The summed E-state index contributed by atoms with van der Waals surface area (Å²) in [4.78, 5) is 8.82.